The van der Waals surface area contributed by atoms with Crippen molar-refractivity contribution in [2.45, 2.75) is 43.2 Å². The number of carbonyl (C=O) groups is 1. The van der Waals surface area contributed by atoms with Crippen molar-refractivity contribution in [3.05, 3.63) is 68.7 Å². The lowest BCUT2D eigenvalue weighted by atomic mass is 10.1. The molecule has 2 heterocycles. The van der Waals surface area contributed by atoms with Gasteiger partial charge in [-0.1, -0.05) is 29.3 Å². The molecular weight excluding hydrogens is 497 g/mol. The molecule has 2 N–H and O–H groups in total. The van der Waals surface area contributed by atoms with Crippen molar-refractivity contribution < 1.29 is 21.8 Å². The van der Waals surface area contributed by atoms with E-state index in [1.165, 1.54) is 18.3 Å². The van der Waals surface area contributed by atoms with E-state index in [0.717, 1.165) is 24.5 Å². The molecule has 0 amide bonds. The Labute approximate surface area is 206 Å². The van der Waals surface area contributed by atoms with E-state index in [0.29, 0.717) is 25.0 Å². The Hall–Kier alpha value is -2.95. The highest BCUT2D eigenvalue weighted by atomic mass is 35.5. The van der Waals surface area contributed by atoms with Gasteiger partial charge in [0, 0.05) is 31.4 Å². The van der Waals surface area contributed by atoms with E-state index in [9.17, 15) is 18.0 Å². The number of anilines is 1. The molecule has 1 unspecified atom stereocenters. The fraction of sp³-hybridized carbons (Fsp3) is 0.333. The zero-order chi connectivity index (χ0) is 25.1. The number of nitrogens with zero attached hydrogens (tertiary/aromatic N) is 2. The molecule has 184 valence electrons. The molecule has 35 heavy (non-hydrogen) atoms. The molecule has 2 aromatic carbocycles. The second kappa shape index (κ2) is 8.61. The maximum absolute atomic E-state index is 15.2. The van der Waals surface area contributed by atoms with Crippen LogP contribution >= 0.6 is 11.6 Å². The first-order valence-corrected chi connectivity index (χ1v) is 13.0. The van der Waals surface area contributed by atoms with Crippen LogP contribution in [0.2, 0.25) is 5.02 Å². The Morgan fingerprint density at radius 2 is 1.89 bits per heavy atom. The number of hydrogen-bond acceptors (Lipinski definition) is 7. The van der Waals surface area contributed by atoms with E-state index < -0.39 is 32.9 Å². The fourth-order valence-corrected chi connectivity index (χ4v) is 5.66. The second-order valence-corrected chi connectivity index (χ2v) is 11.0. The molecule has 8 nitrogen and oxygen atoms in total. The average molecular weight is 520 g/mol. The summed E-state index contributed by atoms with van der Waals surface area (Å²) in [6.07, 6.45) is 3.49. The van der Waals surface area contributed by atoms with Crippen LogP contribution in [0.1, 0.15) is 41.2 Å². The van der Waals surface area contributed by atoms with Crippen molar-refractivity contribution in [2.75, 3.05) is 18.0 Å². The first-order valence-electron chi connectivity index (χ1n) is 11.2. The third-order valence-corrected chi connectivity index (χ3v) is 7.96. The first kappa shape index (κ1) is 23.8. The largest absolute Gasteiger partial charge is 0.366 e. The maximum atomic E-state index is 15.2. The van der Waals surface area contributed by atoms with Crippen LogP contribution in [-0.4, -0.2) is 38.1 Å². The van der Waals surface area contributed by atoms with Crippen LogP contribution in [0.15, 0.2) is 46.2 Å². The molecule has 1 aliphatic carbocycles. The van der Waals surface area contributed by atoms with Crippen molar-refractivity contribution in [1.29, 1.82) is 0 Å². The van der Waals surface area contributed by atoms with E-state index >= 15 is 4.39 Å². The third kappa shape index (κ3) is 4.30. The number of fused-ring (bicyclic) bond motifs is 1. The SMILES string of the molecule is Cc1ccc(S(=O)(=O)OC(=O)c2cn(C3CC3)c3c(Cl)c(N4CCC(N)C4)c(F)cc3c2=O)cc1. The number of aromatic nitrogens is 1. The molecule has 5 rings (SSSR count). The van der Waals surface area contributed by atoms with Gasteiger partial charge in [-0.05, 0) is 44.4 Å². The summed E-state index contributed by atoms with van der Waals surface area (Å²) in [4.78, 5) is 27.7. The summed E-state index contributed by atoms with van der Waals surface area (Å²) in [7, 11) is -4.47. The van der Waals surface area contributed by atoms with Gasteiger partial charge in [-0.2, -0.15) is 8.42 Å². The van der Waals surface area contributed by atoms with Gasteiger partial charge in [0.25, 0.3) is 0 Å². The summed E-state index contributed by atoms with van der Waals surface area (Å²) in [6, 6.07) is 6.62. The third-order valence-electron chi connectivity index (χ3n) is 6.38. The molecule has 1 atom stereocenters. The van der Waals surface area contributed by atoms with E-state index in [1.54, 1.807) is 28.5 Å². The number of hydrogen-bond donors (Lipinski definition) is 1. The number of rotatable bonds is 5. The number of aryl methyl sites for hydroxylation is 1. The van der Waals surface area contributed by atoms with Gasteiger partial charge in [-0.3, -0.25) is 4.79 Å². The van der Waals surface area contributed by atoms with E-state index in [4.69, 9.17) is 21.5 Å². The zero-order valence-corrected chi connectivity index (χ0v) is 20.4. The summed E-state index contributed by atoms with van der Waals surface area (Å²) >= 11 is 6.66. The second-order valence-electron chi connectivity index (χ2n) is 9.06. The normalized spacial score (nSPS) is 18.3. The number of carbonyl (C=O) groups excluding carboxylic acids is 1. The molecule has 2 aliphatic rings. The van der Waals surface area contributed by atoms with E-state index in [-0.39, 0.29) is 33.1 Å². The topological polar surface area (TPSA) is 112 Å². The lowest BCUT2D eigenvalue weighted by Gasteiger charge is -2.23. The van der Waals surface area contributed by atoms with Crippen molar-refractivity contribution >= 4 is 44.3 Å². The van der Waals surface area contributed by atoms with Gasteiger partial charge < -0.3 is 19.4 Å². The predicted octanol–water partition coefficient (Wildman–Crippen LogP) is 3.52. The Morgan fingerprint density at radius 1 is 1.20 bits per heavy atom. The van der Waals surface area contributed by atoms with Gasteiger partial charge in [0.2, 0.25) is 5.43 Å². The molecule has 3 aromatic rings. The maximum Gasteiger partial charge on any atom is 0.359 e. The molecule has 0 spiro atoms. The summed E-state index contributed by atoms with van der Waals surface area (Å²) < 4.78 is 46.9. The van der Waals surface area contributed by atoms with Crippen LogP contribution in [-0.2, 0) is 14.3 Å². The molecule has 1 saturated carbocycles. The molecule has 0 radical (unpaired) electrons. The van der Waals surface area contributed by atoms with Gasteiger partial charge in [0.15, 0.2) is 0 Å². The monoisotopic (exact) mass is 519 g/mol. The summed E-state index contributed by atoms with van der Waals surface area (Å²) in [5.41, 5.74) is 5.90. The molecule has 1 aromatic heterocycles. The standard InChI is InChI=1S/C24H23ClFN3O5S/c1-13-2-6-16(7-3-13)35(32,33)34-24(31)18-12-29(15-4-5-15)21-17(23(18)30)10-19(26)22(20(21)25)28-9-8-14(27)11-28/h2-3,6-7,10,12,14-15H,4-5,8-9,11,27H2,1H3. The Balaban J connectivity index is 1.61. The summed E-state index contributed by atoms with van der Waals surface area (Å²) in [5.74, 6) is -2.05. The minimum atomic E-state index is -4.47. The molecule has 1 aliphatic heterocycles. The number of benzene rings is 2. The Kier molecular flexibility index (Phi) is 5.85. The van der Waals surface area contributed by atoms with Crippen molar-refractivity contribution in [2.24, 2.45) is 5.73 Å². The average Bonchev–Trinajstić information content (AvgIpc) is 3.55. The summed E-state index contributed by atoms with van der Waals surface area (Å²) in [5, 5.41) is -0.0564. The lowest BCUT2D eigenvalue weighted by Crippen LogP contribution is -2.28. The predicted molar refractivity (Wildman–Crippen MR) is 130 cm³/mol. The highest BCUT2D eigenvalue weighted by Gasteiger charge is 2.33. The van der Waals surface area contributed by atoms with Crippen molar-refractivity contribution in [3.8, 4) is 0 Å². The smallest absolute Gasteiger partial charge is 0.359 e. The van der Waals surface area contributed by atoms with Crippen LogP contribution in [0, 0.1) is 12.7 Å². The van der Waals surface area contributed by atoms with Gasteiger partial charge in [0.05, 0.1) is 21.6 Å². The van der Waals surface area contributed by atoms with Crippen LogP contribution in [0.4, 0.5) is 10.1 Å². The van der Waals surface area contributed by atoms with Crippen molar-refractivity contribution in [1.82, 2.24) is 4.57 Å². The molecule has 0 bridgehead atoms. The first-order chi connectivity index (χ1) is 16.6. The highest BCUT2D eigenvalue weighted by molar-refractivity contribution is 7.87. The van der Waals surface area contributed by atoms with Crippen molar-refractivity contribution in [3.63, 3.8) is 0 Å². The summed E-state index contributed by atoms with van der Waals surface area (Å²) in [6.45, 7) is 2.74. The van der Waals surface area contributed by atoms with Gasteiger partial charge in [0.1, 0.15) is 16.3 Å². The van der Waals surface area contributed by atoms with Crippen LogP contribution in [0.25, 0.3) is 10.9 Å². The number of pyridine rings is 1. The quantitative estimate of drug-likeness (QED) is 0.513. The minimum Gasteiger partial charge on any atom is -0.366 e. The van der Waals surface area contributed by atoms with Gasteiger partial charge >= 0.3 is 16.1 Å². The Morgan fingerprint density at radius 3 is 2.49 bits per heavy atom. The fourth-order valence-electron chi connectivity index (χ4n) is 4.40. The van der Waals surface area contributed by atoms with E-state index in [2.05, 4.69) is 0 Å². The van der Waals surface area contributed by atoms with Crippen LogP contribution in [0.3, 0.4) is 0 Å². The lowest BCUT2D eigenvalue weighted by molar-refractivity contribution is 0.0744. The van der Waals surface area contributed by atoms with Crippen LogP contribution in [0.5, 0.6) is 0 Å². The zero-order valence-electron chi connectivity index (χ0n) is 18.8. The minimum absolute atomic E-state index is 0.0602. The Bertz CT molecular complexity index is 1520. The molecule has 2 fully saturated rings. The highest BCUT2D eigenvalue weighted by Crippen LogP contribution is 2.42. The molecule has 1 saturated heterocycles. The van der Waals surface area contributed by atoms with Gasteiger partial charge in [-0.15, -0.1) is 0 Å². The molecule has 11 heteroatoms. The van der Waals surface area contributed by atoms with E-state index in [1.807, 2.05) is 0 Å². The number of halogens is 2. The van der Waals surface area contributed by atoms with Crippen LogP contribution < -0.4 is 16.1 Å². The number of nitrogens with two attached hydrogens (primary N) is 1. The van der Waals surface area contributed by atoms with Gasteiger partial charge in [-0.25, -0.2) is 9.18 Å². The molecular formula is C24H23ClFN3O5S.